The van der Waals surface area contributed by atoms with Gasteiger partial charge in [-0.2, -0.15) is 0 Å². The molecule has 2 nitrogen and oxygen atoms in total. The number of hydrogen-bond acceptors (Lipinski definition) is 1. The van der Waals surface area contributed by atoms with Crippen molar-refractivity contribution in [3.8, 4) is 0 Å². The predicted molar refractivity (Wildman–Crippen MR) is 88.5 cm³/mol. The number of aryl methyl sites for hydroxylation is 2. The summed E-state index contributed by atoms with van der Waals surface area (Å²) in [6.07, 6.45) is 1.94. The Kier molecular flexibility index (Phi) is 5.85. The SMILES string of the molecule is CCc1ccc(CCC(=O)N(CC)c2ccc(F)c(F)c2)cc1. The van der Waals surface area contributed by atoms with Gasteiger partial charge in [0.1, 0.15) is 0 Å². The minimum atomic E-state index is -0.941. The van der Waals surface area contributed by atoms with Crippen molar-refractivity contribution in [1.29, 1.82) is 0 Å². The second-order valence-electron chi connectivity index (χ2n) is 5.41. The van der Waals surface area contributed by atoms with Crippen molar-refractivity contribution in [1.82, 2.24) is 0 Å². The molecule has 0 unspecified atom stereocenters. The third kappa shape index (κ3) is 4.38. The van der Waals surface area contributed by atoms with E-state index in [-0.39, 0.29) is 5.91 Å². The van der Waals surface area contributed by atoms with Crippen molar-refractivity contribution in [3.63, 3.8) is 0 Å². The number of amides is 1. The van der Waals surface area contributed by atoms with Crippen molar-refractivity contribution in [2.24, 2.45) is 0 Å². The molecule has 0 spiro atoms. The number of nitrogens with zero attached hydrogens (tertiary/aromatic N) is 1. The van der Waals surface area contributed by atoms with Gasteiger partial charge in [-0.15, -0.1) is 0 Å². The Bertz CT molecular complexity index is 668. The zero-order chi connectivity index (χ0) is 16.8. The number of carbonyl (C=O) groups is 1. The van der Waals surface area contributed by atoms with Crippen molar-refractivity contribution in [2.45, 2.75) is 33.1 Å². The Labute approximate surface area is 135 Å². The van der Waals surface area contributed by atoms with Gasteiger partial charge in [-0.3, -0.25) is 4.79 Å². The van der Waals surface area contributed by atoms with Gasteiger partial charge in [0.25, 0.3) is 0 Å². The maximum absolute atomic E-state index is 13.3. The number of halogens is 2. The van der Waals surface area contributed by atoms with Gasteiger partial charge < -0.3 is 4.90 Å². The van der Waals surface area contributed by atoms with Crippen molar-refractivity contribution < 1.29 is 13.6 Å². The minimum absolute atomic E-state index is 0.0990. The standard InChI is InChI=1S/C19H21F2NO/c1-3-14-5-7-15(8-6-14)9-12-19(23)22(4-2)16-10-11-17(20)18(21)13-16/h5-8,10-11,13H,3-4,9,12H2,1-2H3. The molecule has 23 heavy (non-hydrogen) atoms. The number of carbonyl (C=O) groups excluding carboxylic acids is 1. The molecule has 0 saturated heterocycles. The number of anilines is 1. The molecular formula is C19H21F2NO. The van der Waals surface area contributed by atoms with E-state index < -0.39 is 11.6 Å². The van der Waals surface area contributed by atoms with Gasteiger partial charge in [-0.1, -0.05) is 31.2 Å². The third-order valence-corrected chi connectivity index (χ3v) is 3.89. The lowest BCUT2D eigenvalue weighted by molar-refractivity contribution is -0.118. The van der Waals surface area contributed by atoms with Crippen LogP contribution in [0.15, 0.2) is 42.5 Å². The van der Waals surface area contributed by atoms with Crippen LogP contribution in [0.2, 0.25) is 0 Å². The smallest absolute Gasteiger partial charge is 0.227 e. The molecule has 0 N–H and O–H groups in total. The highest BCUT2D eigenvalue weighted by atomic mass is 19.2. The molecule has 0 atom stereocenters. The summed E-state index contributed by atoms with van der Waals surface area (Å²) in [5, 5.41) is 0. The molecule has 2 rings (SSSR count). The summed E-state index contributed by atoms with van der Waals surface area (Å²) in [6, 6.07) is 11.7. The topological polar surface area (TPSA) is 20.3 Å². The van der Waals surface area contributed by atoms with Crippen LogP contribution in [0.4, 0.5) is 14.5 Å². The van der Waals surface area contributed by atoms with Crippen molar-refractivity contribution in [2.75, 3.05) is 11.4 Å². The zero-order valence-electron chi connectivity index (χ0n) is 13.5. The molecule has 0 aromatic heterocycles. The highest BCUT2D eigenvalue weighted by Gasteiger charge is 2.15. The predicted octanol–water partition coefficient (Wildman–Crippen LogP) is 4.51. The molecule has 0 aliphatic rings. The Morgan fingerprint density at radius 1 is 0.957 bits per heavy atom. The molecule has 0 fully saturated rings. The summed E-state index contributed by atoms with van der Waals surface area (Å²) in [6.45, 7) is 4.33. The first-order valence-electron chi connectivity index (χ1n) is 7.88. The average molecular weight is 317 g/mol. The van der Waals surface area contributed by atoms with Gasteiger partial charge in [0.15, 0.2) is 11.6 Å². The third-order valence-electron chi connectivity index (χ3n) is 3.89. The summed E-state index contributed by atoms with van der Waals surface area (Å²) >= 11 is 0. The maximum atomic E-state index is 13.3. The van der Waals surface area contributed by atoms with Gasteiger partial charge in [-0.05, 0) is 43.0 Å². The monoisotopic (exact) mass is 317 g/mol. The second kappa shape index (κ2) is 7.86. The Morgan fingerprint density at radius 3 is 2.17 bits per heavy atom. The lowest BCUT2D eigenvalue weighted by Gasteiger charge is -2.21. The Balaban J connectivity index is 2.03. The molecule has 0 bridgehead atoms. The largest absolute Gasteiger partial charge is 0.313 e. The fraction of sp³-hybridized carbons (Fsp3) is 0.316. The fourth-order valence-electron chi connectivity index (χ4n) is 2.48. The van der Waals surface area contributed by atoms with E-state index in [4.69, 9.17) is 0 Å². The molecule has 2 aromatic carbocycles. The highest BCUT2D eigenvalue weighted by molar-refractivity contribution is 5.93. The zero-order valence-corrected chi connectivity index (χ0v) is 13.5. The lowest BCUT2D eigenvalue weighted by atomic mass is 10.1. The van der Waals surface area contributed by atoms with Crippen LogP contribution >= 0.6 is 0 Å². The van der Waals surface area contributed by atoms with Gasteiger partial charge in [0, 0.05) is 24.7 Å². The summed E-state index contributed by atoms with van der Waals surface area (Å²) in [5.41, 5.74) is 2.74. The molecule has 0 heterocycles. The molecule has 0 aliphatic carbocycles. The summed E-state index contributed by atoms with van der Waals surface area (Å²) < 4.78 is 26.4. The first-order chi connectivity index (χ1) is 11.0. The second-order valence-corrected chi connectivity index (χ2v) is 5.41. The molecule has 4 heteroatoms. The Hall–Kier alpha value is -2.23. The van der Waals surface area contributed by atoms with E-state index in [1.807, 2.05) is 19.1 Å². The minimum Gasteiger partial charge on any atom is -0.313 e. The van der Waals surface area contributed by atoms with Crippen LogP contribution in [0.5, 0.6) is 0 Å². The van der Waals surface area contributed by atoms with E-state index in [1.54, 1.807) is 0 Å². The number of hydrogen-bond donors (Lipinski definition) is 0. The molecule has 0 aliphatic heterocycles. The summed E-state index contributed by atoms with van der Waals surface area (Å²) in [5.74, 6) is -1.95. The first-order valence-corrected chi connectivity index (χ1v) is 7.88. The van der Waals surface area contributed by atoms with E-state index in [1.165, 1.54) is 16.5 Å². The highest BCUT2D eigenvalue weighted by Crippen LogP contribution is 2.19. The van der Waals surface area contributed by atoms with E-state index >= 15 is 0 Å². The lowest BCUT2D eigenvalue weighted by Crippen LogP contribution is -2.30. The van der Waals surface area contributed by atoms with Gasteiger partial charge in [-0.25, -0.2) is 8.78 Å². The van der Waals surface area contributed by atoms with Crippen molar-refractivity contribution in [3.05, 3.63) is 65.2 Å². The van der Waals surface area contributed by atoms with Gasteiger partial charge in [0.05, 0.1) is 0 Å². The molecule has 0 radical (unpaired) electrons. The molecule has 0 saturated carbocycles. The molecule has 2 aromatic rings. The van der Waals surface area contributed by atoms with Gasteiger partial charge >= 0.3 is 0 Å². The average Bonchev–Trinajstić information content (AvgIpc) is 2.57. The molecule has 122 valence electrons. The van der Waals surface area contributed by atoms with E-state index in [0.29, 0.717) is 25.1 Å². The van der Waals surface area contributed by atoms with Crippen LogP contribution < -0.4 is 4.90 Å². The molecular weight excluding hydrogens is 296 g/mol. The van der Waals surface area contributed by atoms with Crippen LogP contribution in [0.1, 0.15) is 31.4 Å². The Morgan fingerprint density at radius 2 is 1.61 bits per heavy atom. The summed E-state index contributed by atoms with van der Waals surface area (Å²) in [7, 11) is 0. The van der Waals surface area contributed by atoms with Crippen LogP contribution in [0.25, 0.3) is 0 Å². The van der Waals surface area contributed by atoms with Crippen LogP contribution in [-0.2, 0) is 17.6 Å². The van der Waals surface area contributed by atoms with Crippen LogP contribution in [-0.4, -0.2) is 12.5 Å². The quantitative estimate of drug-likeness (QED) is 0.767. The number of benzene rings is 2. The number of rotatable bonds is 6. The summed E-state index contributed by atoms with van der Waals surface area (Å²) in [4.78, 5) is 13.9. The fourth-order valence-corrected chi connectivity index (χ4v) is 2.48. The van der Waals surface area contributed by atoms with Gasteiger partial charge in [0.2, 0.25) is 5.91 Å². The van der Waals surface area contributed by atoms with E-state index in [2.05, 4.69) is 19.1 Å². The van der Waals surface area contributed by atoms with Crippen LogP contribution in [0, 0.1) is 11.6 Å². The van der Waals surface area contributed by atoms with Crippen molar-refractivity contribution >= 4 is 11.6 Å². The van der Waals surface area contributed by atoms with Crippen LogP contribution in [0.3, 0.4) is 0 Å². The first kappa shape index (κ1) is 17.1. The van der Waals surface area contributed by atoms with E-state index in [0.717, 1.165) is 24.1 Å². The van der Waals surface area contributed by atoms with E-state index in [9.17, 15) is 13.6 Å². The normalized spacial score (nSPS) is 10.6. The maximum Gasteiger partial charge on any atom is 0.227 e. The molecule has 1 amide bonds.